The molecule has 2 unspecified atom stereocenters. The molecule has 1 aliphatic rings. The van der Waals surface area contributed by atoms with Crippen LogP contribution in [0.15, 0.2) is 10.6 Å². The second kappa shape index (κ2) is 6.02. The lowest BCUT2D eigenvalue weighted by Crippen LogP contribution is -2.29. The molecule has 1 aromatic heterocycles. The topological polar surface area (TPSA) is 81.2 Å². The van der Waals surface area contributed by atoms with E-state index in [2.05, 4.69) is 10.5 Å². The lowest BCUT2D eigenvalue weighted by Gasteiger charge is -2.08. The lowest BCUT2D eigenvalue weighted by molar-refractivity contribution is -0.125. The van der Waals surface area contributed by atoms with Crippen LogP contribution >= 0.6 is 12.4 Å². The lowest BCUT2D eigenvalue weighted by atomic mass is 10.1. The van der Waals surface area contributed by atoms with Gasteiger partial charge in [-0.2, -0.15) is 0 Å². The first-order valence-corrected chi connectivity index (χ1v) is 5.60. The predicted molar refractivity (Wildman–Crippen MR) is 65.7 cm³/mol. The summed E-state index contributed by atoms with van der Waals surface area (Å²) in [4.78, 5) is 11.7. The summed E-state index contributed by atoms with van der Waals surface area (Å²) in [7, 11) is 0. The number of carbonyl (C=O) groups excluding carboxylic acids is 1. The van der Waals surface area contributed by atoms with Crippen LogP contribution < -0.4 is 11.1 Å². The Labute approximate surface area is 107 Å². The van der Waals surface area contributed by atoms with Crippen molar-refractivity contribution in [3.63, 3.8) is 0 Å². The van der Waals surface area contributed by atoms with E-state index in [9.17, 15) is 4.79 Å². The molecular weight excluding hydrogens is 242 g/mol. The molecule has 17 heavy (non-hydrogen) atoms. The molecular formula is C11H18ClN3O2. The van der Waals surface area contributed by atoms with Gasteiger partial charge in [-0.1, -0.05) is 5.16 Å². The summed E-state index contributed by atoms with van der Waals surface area (Å²) in [5, 5.41) is 6.60. The fourth-order valence-electron chi connectivity index (χ4n) is 2.07. The summed E-state index contributed by atoms with van der Waals surface area (Å²) in [5.74, 6) is 0.828. The van der Waals surface area contributed by atoms with Crippen molar-refractivity contribution in [2.75, 3.05) is 0 Å². The zero-order valence-corrected chi connectivity index (χ0v) is 10.6. The minimum Gasteiger partial charge on any atom is -0.359 e. The van der Waals surface area contributed by atoms with Crippen LogP contribution in [0.25, 0.3) is 0 Å². The molecule has 0 radical (unpaired) electrons. The molecule has 1 saturated carbocycles. The first-order valence-electron chi connectivity index (χ1n) is 5.60. The number of hydrogen-bond donors (Lipinski definition) is 2. The number of hydrogen-bond acceptors (Lipinski definition) is 4. The van der Waals surface area contributed by atoms with E-state index in [0.717, 1.165) is 25.0 Å². The Morgan fingerprint density at radius 3 is 2.94 bits per heavy atom. The van der Waals surface area contributed by atoms with E-state index < -0.39 is 0 Å². The highest BCUT2D eigenvalue weighted by molar-refractivity contribution is 5.85. The van der Waals surface area contributed by atoms with Gasteiger partial charge >= 0.3 is 0 Å². The van der Waals surface area contributed by atoms with Gasteiger partial charge in [-0.15, -0.1) is 12.4 Å². The number of amides is 1. The van der Waals surface area contributed by atoms with E-state index in [1.54, 1.807) is 0 Å². The van der Waals surface area contributed by atoms with Crippen LogP contribution in [0, 0.1) is 12.8 Å². The molecule has 96 valence electrons. The second-order valence-electron chi connectivity index (χ2n) is 4.42. The predicted octanol–water partition coefficient (Wildman–Crippen LogP) is 1.15. The Morgan fingerprint density at radius 1 is 1.65 bits per heavy atom. The van der Waals surface area contributed by atoms with Crippen molar-refractivity contribution in [1.82, 2.24) is 10.5 Å². The van der Waals surface area contributed by atoms with Crippen LogP contribution in [0.2, 0.25) is 0 Å². The third kappa shape index (κ3) is 3.71. The second-order valence-corrected chi connectivity index (χ2v) is 4.42. The first kappa shape index (κ1) is 14.0. The van der Waals surface area contributed by atoms with Crippen LogP contribution in [0.3, 0.4) is 0 Å². The maximum atomic E-state index is 11.7. The zero-order valence-electron chi connectivity index (χ0n) is 9.81. The first-order chi connectivity index (χ1) is 7.65. The maximum Gasteiger partial charge on any atom is 0.223 e. The van der Waals surface area contributed by atoms with Gasteiger partial charge in [0.2, 0.25) is 5.91 Å². The van der Waals surface area contributed by atoms with Gasteiger partial charge in [0.1, 0.15) is 0 Å². The number of aryl methyl sites for hydroxylation is 1. The quantitative estimate of drug-likeness (QED) is 0.853. The molecule has 1 heterocycles. The van der Waals surface area contributed by atoms with Gasteiger partial charge in [-0.05, 0) is 26.2 Å². The molecule has 6 heteroatoms. The van der Waals surface area contributed by atoms with Crippen molar-refractivity contribution in [2.24, 2.45) is 11.7 Å². The monoisotopic (exact) mass is 259 g/mol. The van der Waals surface area contributed by atoms with Crippen molar-refractivity contribution in [3.05, 3.63) is 17.5 Å². The van der Waals surface area contributed by atoms with E-state index in [1.165, 1.54) is 0 Å². The molecule has 1 amide bonds. The SMILES string of the molecule is Cc1cc(CNC(=O)C2CCC(N)C2)on1.Cl. The molecule has 5 nitrogen and oxygen atoms in total. The molecule has 2 rings (SSSR count). The fourth-order valence-corrected chi connectivity index (χ4v) is 2.07. The summed E-state index contributed by atoms with van der Waals surface area (Å²) < 4.78 is 5.01. The van der Waals surface area contributed by atoms with Gasteiger partial charge in [-0.25, -0.2) is 0 Å². The van der Waals surface area contributed by atoms with Crippen molar-refractivity contribution in [3.8, 4) is 0 Å². The standard InChI is InChI=1S/C11H17N3O2.ClH/c1-7-4-10(16-14-7)6-13-11(15)8-2-3-9(12)5-8;/h4,8-9H,2-3,5-6,12H2,1H3,(H,13,15);1H. The maximum absolute atomic E-state index is 11.7. The third-order valence-electron chi connectivity index (χ3n) is 2.96. The molecule has 0 spiro atoms. The molecule has 3 N–H and O–H groups in total. The summed E-state index contributed by atoms with van der Waals surface area (Å²) in [6.45, 7) is 2.26. The Kier molecular flexibility index (Phi) is 4.96. The number of carbonyl (C=O) groups is 1. The van der Waals surface area contributed by atoms with Gasteiger partial charge in [0, 0.05) is 18.0 Å². The number of aromatic nitrogens is 1. The number of nitrogens with one attached hydrogen (secondary N) is 1. The minimum absolute atomic E-state index is 0. The largest absolute Gasteiger partial charge is 0.359 e. The van der Waals surface area contributed by atoms with Gasteiger partial charge in [0.25, 0.3) is 0 Å². The fraction of sp³-hybridized carbons (Fsp3) is 0.636. The molecule has 0 saturated heterocycles. The normalized spacial score (nSPS) is 23.2. The number of nitrogens with two attached hydrogens (primary N) is 1. The van der Waals surface area contributed by atoms with Crippen LogP contribution in [-0.4, -0.2) is 17.1 Å². The molecule has 1 aromatic rings. The van der Waals surface area contributed by atoms with Crippen molar-refractivity contribution >= 4 is 18.3 Å². The smallest absolute Gasteiger partial charge is 0.223 e. The highest BCUT2D eigenvalue weighted by Gasteiger charge is 2.27. The third-order valence-corrected chi connectivity index (χ3v) is 2.96. The van der Waals surface area contributed by atoms with E-state index in [-0.39, 0.29) is 30.3 Å². The zero-order chi connectivity index (χ0) is 11.5. The van der Waals surface area contributed by atoms with E-state index in [0.29, 0.717) is 12.3 Å². The van der Waals surface area contributed by atoms with E-state index >= 15 is 0 Å². The van der Waals surface area contributed by atoms with Gasteiger partial charge in [0.05, 0.1) is 12.2 Å². The van der Waals surface area contributed by atoms with Gasteiger partial charge in [-0.3, -0.25) is 4.79 Å². The summed E-state index contributed by atoms with van der Waals surface area (Å²) >= 11 is 0. The molecule has 0 bridgehead atoms. The molecule has 1 fully saturated rings. The van der Waals surface area contributed by atoms with Crippen LogP contribution in [-0.2, 0) is 11.3 Å². The highest BCUT2D eigenvalue weighted by atomic mass is 35.5. The van der Waals surface area contributed by atoms with Crippen LogP contribution in [0.4, 0.5) is 0 Å². The summed E-state index contributed by atoms with van der Waals surface area (Å²) in [5.41, 5.74) is 6.59. The summed E-state index contributed by atoms with van der Waals surface area (Å²) in [6.07, 6.45) is 2.63. The molecule has 0 aromatic carbocycles. The van der Waals surface area contributed by atoms with Crippen LogP contribution in [0.1, 0.15) is 30.7 Å². The Bertz CT molecular complexity index is 381. The van der Waals surface area contributed by atoms with Crippen molar-refractivity contribution < 1.29 is 9.32 Å². The average Bonchev–Trinajstić information content (AvgIpc) is 2.84. The Hall–Kier alpha value is -1.07. The number of nitrogens with zero attached hydrogens (tertiary/aromatic N) is 1. The Morgan fingerprint density at radius 2 is 2.41 bits per heavy atom. The van der Waals surface area contributed by atoms with Crippen molar-refractivity contribution in [2.45, 2.75) is 38.8 Å². The molecule has 1 aliphatic carbocycles. The van der Waals surface area contributed by atoms with Crippen LogP contribution in [0.5, 0.6) is 0 Å². The van der Waals surface area contributed by atoms with E-state index in [1.807, 2.05) is 13.0 Å². The number of halogens is 1. The highest BCUT2D eigenvalue weighted by Crippen LogP contribution is 2.24. The van der Waals surface area contributed by atoms with E-state index in [4.69, 9.17) is 10.3 Å². The van der Waals surface area contributed by atoms with Gasteiger partial charge < -0.3 is 15.6 Å². The Balaban J connectivity index is 0.00000144. The number of rotatable bonds is 3. The molecule has 0 aliphatic heterocycles. The average molecular weight is 260 g/mol. The summed E-state index contributed by atoms with van der Waals surface area (Å²) in [6, 6.07) is 2.00. The van der Waals surface area contributed by atoms with Crippen molar-refractivity contribution in [1.29, 1.82) is 0 Å². The van der Waals surface area contributed by atoms with Gasteiger partial charge in [0.15, 0.2) is 5.76 Å². The minimum atomic E-state index is 0. The molecule has 2 atom stereocenters.